The van der Waals surface area contributed by atoms with E-state index in [2.05, 4.69) is 27.4 Å². The van der Waals surface area contributed by atoms with Crippen LogP contribution in [-0.2, 0) is 16.1 Å². The molecule has 0 aliphatic carbocycles. The third-order valence-electron chi connectivity index (χ3n) is 2.99. The van der Waals surface area contributed by atoms with Crippen molar-refractivity contribution in [2.45, 2.75) is 19.9 Å². The van der Waals surface area contributed by atoms with Gasteiger partial charge in [-0.15, -0.1) is 0 Å². The molecule has 5 nitrogen and oxygen atoms in total. The summed E-state index contributed by atoms with van der Waals surface area (Å²) >= 11 is 0. The molecule has 1 N–H and O–H groups in total. The van der Waals surface area contributed by atoms with Crippen LogP contribution in [0.3, 0.4) is 0 Å². The highest BCUT2D eigenvalue weighted by Crippen LogP contribution is 2.17. The standard InChI is InChI=1S/C16H19N3O2/c1-2-21-16(20)7-8-17-9-13-3-5-14(6-4-13)15-10-18-12-19-11-15/h3-6,10-12,17H,2,7-9H2,1H3. The minimum Gasteiger partial charge on any atom is -0.466 e. The van der Waals surface area contributed by atoms with E-state index in [1.54, 1.807) is 12.4 Å². The highest BCUT2D eigenvalue weighted by molar-refractivity contribution is 5.69. The molecule has 0 spiro atoms. The normalized spacial score (nSPS) is 10.3. The van der Waals surface area contributed by atoms with E-state index in [0.29, 0.717) is 19.6 Å². The average Bonchev–Trinajstić information content (AvgIpc) is 2.53. The second-order valence-corrected chi connectivity index (χ2v) is 4.56. The zero-order chi connectivity index (χ0) is 14.9. The summed E-state index contributed by atoms with van der Waals surface area (Å²) in [5, 5.41) is 3.22. The summed E-state index contributed by atoms with van der Waals surface area (Å²) < 4.78 is 4.87. The maximum absolute atomic E-state index is 11.2. The molecule has 0 bridgehead atoms. The summed E-state index contributed by atoms with van der Waals surface area (Å²) in [5.74, 6) is -0.163. The molecule has 1 heterocycles. The molecule has 110 valence electrons. The molecule has 0 aliphatic rings. The summed E-state index contributed by atoms with van der Waals surface area (Å²) in [4.78, 5) is 19.2. The smallest absolute Gasteiger partial charge is 0.307 e. The number of hydrogen-bond acceptors (Lipinski definition) is 5. The minimum atomic E-state index is -0.163. The molecule has 2 aromatic rings. The van der Waals surface area contributed by atoms with E-state index >= 15 is 0 Å². The first kappa shape index (κ1) is 15.1. The van der Waals surface area contributed by atoms with Crippen molar-refractivity contribution >= 4 is 5.97 Å². The van der Waals surface area contributed by atoms with Crippen LogP contribution in [0.5, 0.6) is 0 Å². The number of aromatic nitrogens is 2. The maximum Gasteiger partial charge on any atom is 0.307 e. The molecule has 0 radical (unpaired) electrons. The lowest BCUT2D eigenvalue weighted by atomic mass is 10.1. The first-order chi connectivity index (χ1) is 10.3. The van der Waals surface area contributed by atoms with Crippen molar-refractivity contribution in [1.82, 2.24) is 15.3 Å². The molecule has 2 rings (SSSR count). The van der Waals surface area contributed by atoms with E-state index in [1.165, 1.54) is 11.9 Å². The Hall–Kier alpha value is -2.27. The van der Waals surface area contributed by atoms with E-state index < -0.39 is 0 Å². The fourth-order valence-electron chi connectivity index (χ4n) is 1.92. The van der Waals surface area contributed by atoms with Gasteiger partial charge in [0.1, 0.15) is 6.33 Å². The van der Waals surface area contributed by atoms with Crippen LogP contribution in [0.1, 0.15) is 18.9 Å². The Morgan fingerprint density at radius 3 is 2.52 bits per heavy atom. The van der Waals surface area contributed by atoms with Crippen LogP contribution in [0.4, 0.5) is 0 Å². The molecule has 0 atom stereocenters. The number of rotatable bonds is 7. The molecular formula is C16H19N3O2. The van der Waals surface area contributed by atoms with Gasteiger partial charge in [0.15, 0.2) is 0 Å². The largest absolute Gasteiger partial charge is 0.466 e. The molecule has 0 saturated heterocycles. The van der Waals surface area contributed by atoms with Crippen LogP contribution in [0.25, 0.3) is 11.1 Å². The number of ether oxygens (including phenoxy) is 1. The van der Waals surface area contributed by atoms with E-state index in [0.717, 1.165) is 17.7 Å². The van der Waals surface area contributed by atoms with E-state index in [-0.39, 0.29) is 5.97 Å². The summed E-state index contributed by atoms with van der Waals surface area (Å²) in [5.41, 5.74) is 3.25. The van der Waals surface area contributed by atoms with Crippen LogP contribution in [0.2, 0.25) is 0 Å². The predicted octanol–water partition coefficient (Wildman–Crippen LogP) is 2.19. The molecule has 5 heteroatoms. The Kier molecular flexibility index (Phi) is 5.84. The highest BCUT2D eigenvalue weighted by Gasteiger charge is 2.01. The molecule has 1 aromatic carbocycles. The van der Waals surface area contributed by atoms with E-state index in [1.807, 2.05) is 19.1 Å². The van der Waals surface area contributed by atoms with Crippen molar-refractivity contribution in [3.8, 4) is 11.1 Å². The lowest BCUT2D eigenvalue weighted by Gasteiger charge is -2.06. The van der Waals surface area contributed by atoms with Gasteiger partial charge in [-0.2, -0.15) is 0 Å². The van der Waals surface area contributed by atoms with Crippen molar-refractivity contribution in [1.29, 1.82) is 0 Å². The van der Waals surface area contributed by atoms with Crippen molar-refractivity contribution < 1.29 is 9.53 Å². The second-order valence-electron chi connectivity index (χ2n) is 4.56. The third-order valence-corrected chi connectivity index (χ3v) is 2.99. The molecule has 1 aromatic heterocycles. The molecular weight excluding hydrogens is 266 g/mol. The Balaban J connectivity index is 1.79. The Labute approximate surface area is 124 Å². The van der Waals surface area contributed by atoms with E-state index in [9.17, 15) is 4.79 Å². The Bertz CT molecular complexity index is 555. The van der Waals surface area contributed by atoms with Crippen molar-refractivity contribution in [3.05, 3.63) is 48.5 Å². The van der Waals surface area contributed by atoms with Crippen LogP contribution in [0.15, 0.2) is 43.0 Å². The van der Waals surface area contributed by atoms with Gasteiger partial charge in [0.25, 0.3) is 0 Å². The number of carbonyl (C=O) groups excluding carboxylic acids is 1. The van der Waals surface area contributed by atoms with Crippen LogP contribution < -0.4 is 5.32 Å². The highest BCUT2D eigenvalue weighted by atomic mass is 16.5. The predicted molar refractivity (Wildman–Crippen MR) is 80.4 cm³/mol. The second kappa shape index (κ2) is 8.11. The average molecular weight is 285 g/mol. The fourth-order valence-corrected chi connectivity index (χ4v) is 1.92. The quantitative estimate of drug-likeness (QED) is 0.624. The van der Waals surface area contributed by atoms with Crippen LogP contribution >= 0.6 is 0 Å². The van der Waals surface area contributed by atoms with Gasteiger partial charge in [-0.25, -0.2) is 9.97 Å². The first-order valence-electron chi connectivity index (χ1n) is 7.00. The summed E-state index contributed by atoms with van der Waals surface area (Å²) in [7, 11) is 0. The molecule has 0 saturated carbocycles. The van der Waals surface area contributed by atoms with Crippen LogP contribution in [-0.4, -0.2) is 29.1 Å². The van der Waals surface area contributed by atoms with Crippen molar-refractivity contribution in [2.75, 3.05) is 13.2 Å². The number of hydrogen-bond donors (Lipinski definition) is 1. The zero-order valence-corrected chi connectivity index (χ0v) is 12.1. The molecule has 0 amide bonds. The zero-order valence-electron chi connectivity index (χ0n) is 12.1. The number of nitrogens with zero attached hydrogens (tertiary/aromatic N) is 2. The van der Waals surface area contributed by atoms with Gasteiger partial charge in [-0.05, 0) is 18.1 Å². The van der Waals surface area contributed by atoms with Gasteiger partial charge >= 0.3 is 5.97 Å². The molecule has 21 heavy (non-hydrogen) atoms. The first-order valence-corrected chi connectivity index (χ1v) is 7.00. The number of esters is 1. The monoisotopic (exact) mass is 285 g/mol. The lowest BCUT2D eigenvalue weighted by molar-refractivity contribution is -0.142. The third kappa shape index (κ3) is 4.96. The van der Waals surface area contributed by atoms with Crippen molar-refractivity contribution in [3.63, 3.8) is 0 Å². The summed E-state index contributed by atoms with van der Waals surface area (Å²) in [6, 6.07) is 8.20. The van der Waals surface area contributed by atoms with E-state index in [4.69, 9.17) is 4.74 Å². The number of carbonyl (C=O) groups is 1. The van der Waals surface area contributed by atoms with Gasteiger partial charge in [0.05, 0.1) is 13.0 Å². The van der Waals surface area contributed by atoms with Crippen LogP contribution in [0, 0.1) is 0 Å². The Morgan fingerprint density at radius 2 is 1.86 bits per heavy atom. The SMILES string of the molecule is CCOC(=O)CCNCc1ccc(-c2cncnc2)cc1. The fraction of sp³-hybridized carbons (Fsp3) is 0.312. The summed E-state index contributed by atoms with van der Waals surface area (Å²) in [6.07, 6.45) is 5.50. The molecule has 0 unspecified atom stereocenters. The van der Waals surface area contributed by atoms with Gasteiger partial charge in [0.2, 0.25) is 0 Å². The maximum atomic E-state index is 11.2. The minimum absolute atomic E-state index is 0.163. The summed E-state index contributed by atoms with van der Waals surface area (Å²) in [6.45, 7) is 3.59. The Morgan fingerprint density at radius 1 is 1.14 bits per heavy atom. The number of nitrogens with one attached hydrogen (secondary N) is 1. The van der Waals surface area contributed by atoms with Gasteiger partial charge in [-0.3, -0.25) is 4.79 Å². The lowest BCUT2D eigenvalue weighted by Crippen LogP contribution is -2.18. The topological polar surface area (TPSA) is 64.1 Å². The van der Waals surface area contributed by atoms with Gasteiger partial charge in [-0.1, -0.05) is 24.3 Å². The number of benzene rings is 1. The molecule has 0 aliphatic heterocycles. The van der Waals surface area contributed by atoms with Gasteiger partial charge < -0.3 is 10.1 Å². The van der Waals surface area contributed by atoms with Crippen molar-refractivity contribution in [2.24, 2.45) is 0 Å². The van der Waals surface area contributed by atoms with Gasteiger partial charge in [0, 0.05) is 31.0 Å². The molecule has 0 fully saturated rings.